The van der Waals surface area contributed by atoms with Crippen LogP contribution in [0.4, 0.5) is 0 Å². The van der Waals surface area contributed by atoms with Crippen molar-refractivity contribution < 1.29 is 4.79 Å². The molecule has 3 N–H and O–H groups in total. The number of nitrogens with one attached hydrogen (secondary N) is 1. The van der Waals surface area contributed by atoms with Crippen LogP contribution in [0.3, 0.4) is 0 Å². The highest BCUT2D eigenvalue weighted by molar-refractivity contribution is 7.11. The Morgan fingerprint density at radius 2 is 2.00 bits per heavy atom. The minimum Gasteiger partial charge on any atom is -0.352 e. The molecule has 0 aliphatic rings. The minimum absolute atomic E-state index is 0. The number of halogens is 1. The first-order valence-electron chi connectivity index (χ1n) is 6.01. The van der Waals surface area contributed by atoms with Gasteiger partial charge in [0.25, 0.3) is 0 Å². The summed E-state index contributed by atoms with van der Waals surface area (Å²) >= 11 is 1.78. The average molecular weight is 291 g/mol. The van der Waals surface area contributed by atoms with Crippen LogP contribution < -0.4 is 11.1 Å². The molecule has 0 fully saturated rings. The number of hydrogen-bond acceptors (Lipinski definition) is 3. The fourth-order valence-corrected chi connectivity index (χ4v) is 2.61. The van der Waals surface area contributed by atoms with E-state index in [9.17, 15) is 4.79 Å². The number of rotatable bonds is 5. The van der Waals surface area contributed by atoms with Gasteiger partial charge < -0.3 is 11.1 Å². The van der Waals surface area contributed by atoms with Crippen molar-refractivity contribution in [3.05, 3.63) is 21.9 Å². The second-order valence-electron chi connectivity index (χ2n) is 4.90. The largest absolute Gasteiger partial charge is 0.352 e. The van der Waals surface area contributed by atoms with Crippen molar-refractivity contribution in [2.75, 3.05) is 0 Å². The van der Waals surface area contributed by atoms with E-state index in [0.717, 1.165) is 6.42 Å². The van der Waals surface area contributed by atoms with Crippen LogP contribution in [0.2, 0.25) is 0 Å². The van der Waals surface area contributed by atoms with Crippen molar-refractivity contribution in [3.8, 4) is 0 Å². The summed E-state index contributed by atoms with van der Waals surface area (Å²) in [7, 11) is 0. The molecule has 0 bridgehead atoms. The van der Waals surface area contributed by atoms with E-state index < -0.39 is 6.04 Å². The highest BCUT2D eigenvalue weighted by Crippen LogP contribution is 2.16. The topological polar surface area (TPSA) is 55.1 Å². The first-order valence-corrected chi connectivity index (χ1v) is 6.83. The number of nitrogens with two attached hydrogens (primary N) is 1. The predicted molar refractivity (Wildman–Crippen MR) is 80.4 cm³/mol. The summed E-state index contributed by atoms with van der Waals surface area (Å²) in [6.07, 6.45) is 0.870. The van der Waals surface area contributed by atoms with E-state index in [4.69, 9.17) is 5.73 Å². The molecular formula is C13H23ClN2OS. The van der Waals surface area contributed by atoms with E-state index in [2.05, 4.69) is 24.4 Å². The zero-order valence-electron chi connectivity index (χ0n) is 11.4. The van der Waals surface area contributed by atoms with E-state index in [1.54, 1.807) is 11.3 Å². The normalized spacial score (nSPS) is 13.9. The molecule has 0 aromatic carbocycles. The number of carbonyl (C=O) groups is 1. The monoisotopic (exact) mass is 290 g/mol. The number of thiophene rings is 1. The minimum atomic E-state index is -0.414. The maximum Gasteiger partial charge on any atom is 0.237 e. The van der Waals surface area contributed by atoms with Crippen molar-refractivity contribution in [1.29, 1.82) is 0 Å². The van der Waals surface area contributed by atoms with E-state index in [1.807, 2.05) is 20.8 Å². The second-order valence-corrected chi connectivity index (χ2v) is 6.27. The molecule has 104 valence electrons. The molecule has 0 spiro atoms. The molecule has 0 saturated heterocycles. The number of amides is 1. The standard InChI is InChI=1S/C13H22N2OS.ClH/c1-8(2)12(14)13(16)15-9(3)7-11-6-5-10(4)17-11;/h5-6,8-9,12H,7,14H2,1-4H3,(H,15,16);1H/t9?,12-;/m1./s1. The van der Waals surface area contributed by atoms with Gasteiger partial charge in [-0.2, -0.15) is 0 Å². The van der Waals surface area contributed by atoms with Crippen molar-refractivity contribution in [3.63, 3.8) is 0 Å². The van der Waals surface area contributed by atoms with Crippen molar-refractivity contribution in [2.45, 2.75) is 46.2 Å². The Morgan fingerprint density at radius 3 is 2.44 bits per heavy atom. The van der Waals surface area contributed by atoms with Crippen molar-refractivity contribution in [1.82, 2.24) is 5.32 Å². The lowest BCUT2D eigenvalue weighted by molar-refractivity contribution is -0.123. The van der Waals surface area contributed by atoms with Gasteiger partial charge in [0.15, 0.2) is 0 Å². The molecule has 1 unspecified atom stereocenters. The molecule has 1 aromatic rings. The highest BCUT2D eigenvalue weighted by atomic mass is 35.5. The summed E-state index contributed by atoms with van der Waals surface area (Å²) in [5.74, 6) is 0.118. The van der Waals surface area contributed by atoms with Gasteiger partial charge in [-0.1, -0.05) is 13.8 Å². The predicted octanol–water partition coefficient (Wildman–Crippen LogP) is 2.51. The molecule has 0 aliphatic heterocycles. The maximum atomic E-state index is 11.8. The lowest BCUT2D eigenvalue weighted by atomic mass is 10.0. The SMILES string of the molecule is Cc1ccc(CC(C)NC(=O)[C@H](N)C(C)C)s1.Cl. The van der Waals surface area contributed by atoms with E-state index in [1.165, 1.54) is 9.75 Å². The van der Waals surface area contributed by atoms with Gasteiger partial charge in [0.05, 0.1) is 6.04 Å². The number of hydrogen-bond donors (Lipinski definition) is 2. The molecule has 1 aromatic heterocycles. The molecule has 5 heteroatoms. The lowest BCUT2D eigenvalue weighted by Crippen LogP contribution is -2.47. The number of carbonyl (C=O) groups excluding carboxylic acids is 1. The Labute approximate surface area is 120 Å². The van der Waals surface area contributed by atoms with Gasteiger partial charge in [-0.3, -0.25) is 4.79 Å². The van der Waals surface area contributed by atoms with Crippen LogP contribution in [0.25, 0.3) is 0 Å². The molecule has 1 heterocycles. The van der Waals surface area contributed by atoms with Crippen LogP contribution in [0.15, 0.2) is 12.1 Å². The summed E-state index contributed by atoms with van der Waals surface area (Å²) in [6, 6.07) is 3.94. The van der Waals surface area contributed by atoms with E-state index >= 15 is 0 Å². The summed E-state index contributed by atoms with van der Waals surface area (Å²) < 4.78 is 0. The first kappa shape index (κ1) is 17.4. The van der Waals surface area contributed by atoms with Gasteiger partial charge in [-0.15, -0.1) is 23.7 Å². The summed E-state index contributed by atoms with van der Waals surface area (Å²) in [6.45, 7) is 8.02. The van der Waals surface area contributed by atoms with Crippen LogP contribution in [-0.2, 0) is 11.2 Å². The Bertz CT molecular complexity index is 379. The van der Waals surface area contributed by atoms with Gasteiger partial charge in [0.1, 0.15) is 0 Å². The molecule has 1 rings (SSSR count). The van der Waals surface area contributed by atoms with Gasteiger partial charge >= 0.3 is 0 Å². The average Bonchev–Trinajstić information content (AvgIpc) is 2.62. The van der Waals surface area contributed by atoms with Crippen LogP contribution in [0, 0.1) is 12.8 Å². The van der Waals surface area contributed by atoms with Crippen LogP contribution in [0.5, 0.6) is 0 Å². The first-order chi connectivity index (χ1) is 7.90. The van der Waals surface area contributed by atoms with Crippen LogP contribution >= 0.6 is 23.7 Å². The quantitative estimate of drug-likeness (QED) is 0.875. The molecular weight excluding hydrogens is 268 g/mol. The van der Waals surface area contributed by atoms with Crippen LogP contribution in [0.1, 0.15) is 30.5 Å². The Morgan fingerprint density at radius 1 is 1.39 bits per heavy atom. The Hall–Kier alpha value is -0.580. The summed E-state index contributed by atoms with van der Waals surface area (Å²) in [5, 5.41) is 2.96. The van der Waals surface area contributed by atoms with Crippen molar-refractivity contribution in [2.24, 2.45) is 11.7 Å². The van der Waals surface area contributed by atoms with Gasteiger partial charge in [0.2, 0.25) is 5.91 Å². The summed E-state index contributed by atoms with van der Waals surface area (Å²) in [4.78, 5) is 14.4. The van der Waals surface area contributed by atoms with Gasteiger partial charge in [0, 0.05) is 22.2 Å². The Balaban J connectivity index is 0.00000289. The molecule has 0 saturated carbocycles. The molecule has 3 nitrogen and oxygen atoms in total. The zero-order valence-corrected chi connectivity index (χ0v) is 13.0. The summed E-state index contributed by atoms with van der Waals surface area (Å²) in [5.41, 5.74) is 5.80. The van der Waals surface area contributed by atoms with Gasteiger partial charge in [-0.05, 0) is 31.9 Å². The fraction of sp³-hybridized carbons (Fsp3) is 0.615. The van der Waals surface area contributed by atoms with E-state index in [0.29, 0.717) is 0 Å². The Kier molecular flexibility index (Phi) is 7.52. The highest BCUT2D eigenvalue weighted by Gasteiger charge is 2.18. The van der Waals surface area contributed by atoms with E-state index in [-0.39, 0.29) is 30.3 Å². The third-order valence-corrected chi connectivity index (χ3v) is 3.74. The second kappa shape index (κ2) is 7.77. The molecule has 2 atom stereocenters. The fourth-order valence-electron chi connectivity index (χ4n) is 1.59. The number of aryl methyl sites for hydroxylation is 1. The molecule has 0 radical (unpaired) electrons. The maximum absolute atomic E-state index is 11.8. The lowest BCUT2D eigenvalue weighted by Gasteiger charge is -2.19. The van der Waals surface area contributed by atoms with Gasteiger partial charge in [-0.25, -0.2) is 0 Å². The third-order valence-electron chi connectivity index (χ3n) is 2.71. The molecule has 0 aliphatic carbocycles. The van der Waals surface area contributed by atoms with Crippen molar-refractivity contribution >= 4 is 29.7 Å². The smallest absolute Gasteiger partial charge is 0.237 e. The molecule has 1 amide bonds. The van der Waals surface area contributed by atoms with Crippen LogP contribution in [-0.4, -0.2) is 18.0 Å². The third kappa shape index (κ3) is 5.38. The molecule has 18 heavy (non-hydrogen) atoms. The zero-order chi connectivity index (χ0) is 13.0.